The minimum Gasteiger partial charge on any atom is -0.399 e. The molecule has 0 radical (unpaired) electrons. The van der Waals surface area contributed by atoms with Gasteiger partial charge in [-0.3, -0.25) is 4.68 Å². The Labute approximate surface area is 120 Å². The number of nitrogen functional groups attached to an aromatic ring is 1. The summed E-state index contributed by atoms with van der Waals surface area (Å²) in [7, 11) is 0. The van der Waals surface area contributed by atoms with Gasteiger partial charge in [-0.1, -0.05) is 12.1 Å². The van der Waals surface area contributed by atoms with Crippen molar-refractivity contribution in [3.05, 3.63) is 72.1 Å². The first-order valence-electron chi connectivity index (χ1n) is 6.44. The van der Waals surface area contributed by atoms with Crippen LogP contribution >= 0.6 is 0 Å². The number of halogens is 2. The van der Waals surface area contributed by atoms with E-state index in [-0.39, 0.29) is 12.1 Å². The van der Waals surface area contributed by atoms with Crippen LogP contribution in [0.3, 0.4) is 0 Å². The molecule has 1 heterocycles. The van der Waals surface area contributed by atoms with Crippen LogP contribution in [0.2, 0.25) is 0 Å². The molecule has 0 fully saturated rings. The third-order valence-corrected chi connectivity index (χ3v) is 3.22. The van der Waals surface area contributed by atoms with Gasteiger partial charge in [0.15, 0.2) is 0 Å². The second-order valence-corrected chi connectivity index (χ2v) is 4.78. The van der Waals surface area contributed by atoms with E-state index in [0.29, 0.717) is 5.69 Å². The number of nitrogens with zero attached hydrogens (tertiary/aromatic N) is 2. The minimum absolute atomic E-state index is 0.179. The first kappa shape index (κ1) is 13.3. The summed E-state index contributed by atoms with van der Waals surface area (Å²) >= 11 is 0. The smallest absolute Gasteiger partial charge is 0.128 e. The van der Waals surface area contributed by atoms with E-state index < -0.39 is 11.6 Å². The molecule has 0 saturated carbocycles. The number of hydrogen-bond acceptors (Lipinski definition) is 2. The monoisotopic (exact) mass is 285 g/mol. The van der Waals surface area contributed by atoms with Gasteiger partial charge in [-0.25, -0.2) is 8.78 Å². The van der Waals surface area contributed by atoms with Gasteiger partial charge in [-0.15, -0.1) is 0 Å². The van der Waals surface area contributed by atoms with Crippen LogP contribution in [0, 0.1) is 11.6 Å². The first-order chi connectivity index (χ1) is 10.1. The molecular weight excluding hydrogens is 272 g/mol. The van der Waals surface area contributed by atoms with E-state index in [1.54, 1.807) is 29.2 Å². The molecule has 1 aromatic heterocycles. The fourth-order valence-electron chi connectivity index (χ4n) is 2.11. The highest BCUT2D eigenvalue weighted by Gasteiger charge is 2.07. The largest absolute Gasteiger partial charge is 0.399 e. The van der Waals surface area contributed by atoms with Gasteiger partial charge in [0.25, 0.3) is 0 Å². The Morgan fingerprint density at radius 2 is 1.76 bits per heavy atom. The number of rotatable bonds is 3. The Balaban J connectivity index is 1.85. The number of anilines is 1. The molecular formula is C16H13F2N3. The lowest BCUT2D eigenvalue weighted by molar-refractivity contribution is 0.566. The highest BCUT2D eigenvalue weighted by atomic mass is 19.1. The van der Waals surface area contributed by atoms with E-state index in [9.17, 15) is 8.78 Å². The molecule has 21 heavy (non-hydrogen) atoms. The Morgan fingerprint density at radius 3 is 2.52 bits per heavy atom. The van der Waals surface area contributed by atoms with Gasteiger partial charge in [-0.05, 0) is 35.9 Å². The van der Waals surface area contributed by atoms with Crippen molar-refractivity contribution in [2.45, 2.75) is 6.54 Å². The molecule has 0 amide bonds. The predicted molar refractivity (Wildman–Crippen MR) is 77.5 cm³/mol. The predicted octanol–water partition coefficient (Wildman–Crippen LogP) is 3.46. The summed E-state index contributed by atoms with van der Waals surface area (Å²) in [4.78, 5) is 0. The van der Waals surface area contributed by atoms with Crippen molar-refractivity contribution in [2.75, 3.05) is 5.73 Å². The molecule has 5 heteroatoms. The molecule has 0 aliphatic carbocycles. The minimum atomic E-state index is -0.461. The summed E-state index contributed by atoms with van der Waals surface area (Å²) in [5.74, 6) is -0.904. The van der Waals surface area contributed by atoms with Crippen molar-refractivity contribution in [3.63, 3.8) is 0 Å². The molecule has 3 aromatic rings. The fraction of sp³-hybridized carbons (Fsp3) is 0.0625. The van der Waals surface area contributed by atoms with Gasteiger partial charge in [0.2, 0.25) is 0 Å². The molecule has 0 aliphatic rings. The Kier molecular flexibility index (Phi) is 3.39. The van der Waals surface area contributed by atoms with Gasteiger partial charge in [0.1, 0.15) is 11.6 Å². The Bertz CT molecular complexity index is 763. The van der Waals surface area contributed by atoms with Crippen LogP contribution in [0.5, 0.6) is 0 Å². The molecule has 0 atom stereocenters. The van der Waals surface area contributed by atoms with E-state index in [1.165, 1.54) is 6.07 Å². The van der Waals surface area contributed by atoms with Gasteiger partial charge in [0, 0.05) is 23.0 Å². The van der Waals surface area contributed by atoms with Gasteiger partial charge in [-0.2, -0.15) is 5.10 Å². The van der Waals surface area contributed by atoms with Crippen LogP contribution in [0.25, 0.3) is 11.1 Å². The summed E-state index contributed by atoms with van der Waals surface area (Å²) in [6.07, 6.45) is 3.47. The van der Waals surface area contributed by atoms with Crippen LogP contribution in [0.1, 0.15) is 5.56 Å². The summed E-state index contributed by atoms with van der Waals surface area (Å²) in [6, 6.07) is 10.8. The van der Waals surface area contributed by atoms with Crippen LogP contribution in [0.4, 0.5) is 14.5 Å². The van der Waals surface area contributed by atoms with Crippen LogP contribution < -0.4 is 5.73 Å². The molecule has 0 bridgehead atoms. The van der Waals surface area contributed by atoms with Gasteiger partial charge >= 0.3 is 0 Å². The zero-order valence-corrected chi connectivity index (χ0v) is 11.1. The van der Waals surface area contributed by atoms with Crippen molar-refractivity contribution in [1.29, 1.82) is 0 Å². The zero-order valence-electron chi connectivity index (χ0n) is 11.1. The summed E-state index contributed by atoms with van der Waals surface area (Å²) in [5, 5.41) is 4.18. The second-order valence-electron chi connectivity index (χ2n) is 4.78. The number of nitrogens with two attached hydrogens (primary N) is 1. The van der Waals surface area contributed by atoms with Crippen molar-refractivity contribution in [1.82, 2.24) is 9.78 Å². The SMILES string of the molecule is Nc1ccc(-c2cnn(Cc3cc(F)ccc3F)c2)cc1. The van der Waals surface area contributed by atoms with Gasteiger partial charge < -0.3 is 5.73 Å². The molecule has 0 aliphatic heterocycles. The number of benzene rings is 2. The number of aromatic nitrogens is 2. The summed E-state index contributed by atoms with van der Waals surface area (Å²) in [6.45, 7) is 0.179. The lowest BCUT2D eigenvalue weighted by atomic mass is 10.1. The molecule has 2 N–H and O–H groups in total. The fourth-order valence-corrected chi connectivity index (χ4v) is 2.11. The average Bonchev–Trinajstić information content (AvgIpc) is 2.92. The molecule has 3 rings (SSSR count). The Morgan fingerprint density at radius 1 is 1.00 bits per heavy atom. The van der Waals surface area contributed by atoms with Gasteiger partial charge in [0.05, 0.1) is 12.7 Å². The maximum absolute atomic E-state index is 13.6. The number of hydrogen-bond donors (Lipinski definition) is 1. The van der Waals surface area contributed by atoms with E-state index in [1.807, 2.05) is 12.1 Å². The van der Waals surface area contributed by atoms with Crippen molar-refractivity contribution in [3.8, 4) is 11.1 Å². The first-order valence-corrected chi connectivity index (χ1v) is 6.44. The molecule has 106 valence electrons. The van der Waals surface area contributed by atoms with E-state index in [0.717, 1.165) is 23.3 Å². The highest BCUT2D eigenvalue weighted by molar-refractivity contribution is 5.63. The summed E-state index contributed by atoms with van der Waals surface area (Å²) in [5.41, 5.74) is 8.46. The summed E-state index contributed by atoms with van der Waals surface area (Å²) < 4.78 is 28.3. The lowest BCUT2D eigenvalue weighted by Gasteiger charge is -2.03. The van der Waals surface area contributed by atoms with Crippen LogP contribution in [-0.4, -0.2) is 9.78 Å². The maximum atomic E-state index is 13.6. The topological polar surface area (TPSA) is 43.8 Å². The van der Waals surface area contributed by atoms with Crippen molar-refractivity contribution >= 4 is 5.69 Å². The van der Waals surface area contributed by atoms with E-state index in [4.69, 9.17) is 5.73 Å². The molecule has 0 unspecified atom stereocenters. The highest BCUT2D eigenvalue weighted by Crippen LogP contribution is 2.20. The normalized spacial score (nSPS) is 10.8. The third kappa shape index (κ3) is 2.91. The van der Waals surface area contributed by atoms with E-state index >= 15 is 0 Å². The molecule has 3 nitrogen and oxygen atoms in total. The standard InChI is InChI=1S/C16H13F2N3/c17-14-3-6-16(18)12(7-14)9-21-10-13(8-20-21)11-1-4-15(19)5-2-11/h1-8,10H,9,19H2. The van der Waals surface area contributed by atoms with E-state index in [2.05, 4.69) is 5.10 Å². The lowest BCUT2D eigenvalue weighted by Crippen LogP contribution is -2.02. The van der Waals surface area contributed by atoms with Crippen molar-refractivity contribution < 1.29 is 8.78 Å². The second kappa shape index (κ2) is 5.36. The van der Waals surface area contributed by atoms with Crippen LogP contribution in [-0.2, 0) is 6.54 Å². The van der Waals surface area contributed by atoms with Crippen molar-refractivity contribution in [2.24, 2.45) is 0 Å². The maximum Gasteiger partial charge on any atom is 0.128 e. The quantitative estimate of drug-likeness (QED) is 0.749. The molecule has 0 saturated heterocycles. The van der Waals surface area contributed by atoms with Crippen LogP contribution in [0.15, 0.2) is 54.9 Å². The molecule has 0 spiro atoms. The zero-order chi connectivity index (χ0) is 14.8. The average molecular weight is 285 g/mol. The Hall–Kier alpha value is -2.69. The molecule has 2 aromatic carbocycles. The third-order valence-electron chi connectivity index (χ3n) is 3.22.